The van der Waals surface area contributed by atoms with Gasteiger partial charge in [0.1, 0.15) is 0 Å². The first-order chi connectivity index (χ1) is 8.49. The zero-order valence-corrected chi connectivity index (χ0v) is 11.4. The molecular weight excluding hydrogens is 226 g/mol. The van der Waals surface area contributed by atoms with Gasteiger partial charge in [-0.15, -0.1) is 0 Å². The Hall–Kier alpha value is -1.71. The minimum absolute atomic E-state index is 0.0445. The van der Waals surface area contributed by atoms with Crippen LogP contribution in [0, 0.1) is 5.92 Å². The van der Waals surface area contributed by atoms with Gasteiger partial charge in [0, 0.05) is 33.4 Å². The quantitative estimate of drug-likeness (QED) is 0.704. The van der Waals surface area contributed by atoms with E-state index in [-0.39, 0.29) is 5.69 Å². The van der Waals surface area contributed by atoms with Crippen LogP contribution in [0.25, 0.3) is 11.0 Å². The van der Waals surface area contributed by atoms with Crippen LogP contribution in [0.1, 0.15) is 12.5 Å². The number of nitrogens with zero attached hydrogens (tertiary/aromatic N) is 3. The molecule has 0 bridgehead atoms. The van der Waals surface area contributed by atoms with E-state index in [0.29, 0.717) is 5.92 Å². The Morgan fingerprint density at radius 1 is 1.11 bits per heavy atom. The third-order valence-corrected chi connectivity index (χ3v) is 4.04. The van der Waals surface area contributed by atoms with Crippen LogP contribution in [0.3, 0.4) is 0 Å². The smallest absolute Gasteiger partial charge is 0.328 e. The maximum atomic E-state index is 12.0. The highest BCUT2D eigenvalue weighted by Crippen LogP contribution is 2.31. The first-order valence-electron chi connectivity index (χ1n) is 6.38. The van der Waals surface area contributed by atoms with Gasteiger partial charge in [0.25, 0.3) is 0 Å². The average Bonchev–Trinajstić information content (AvgIpc) is 2.53. The number of fused-ring (bicyclic) bond motifs is 2. The molecule has 0 radical (unpaired) electrons. The summed E-state index contributed by atoms with van der Waals surface area (Å²) in [6.07, 6.45) is 1.10. The fourth-order valence-corrected chi connectivity index (χ4v) is 3.10. The second kappa shape index (κ2) is 3.64. The number of aryl methyl sites for hydroxylation is 2. The summed E-state index contributed by atoms with van der Waals surface area (Å²) in [5, 5.41) is 0. The molecule has 0 saturated carbocycles. The van der Waals surface area contributed by atoms with Gasteiger partial charge in [-0.3, -0.25) is 9.13 Å². The van der Waals surface area contributed by atoms with Crippen molar-refractivity contribution >= 4 is 16.7 Å². The summed E-state index contributed by atoms with van der Waals surface area (Å²) < 4.78 is 3.45. The SMILES string of the molecule is CC1Cc2cc3c(cc2N(C)C1)n(C)c(=O)n3C. The monoisotopic (exact) mass is 245 g/mol. The van der Waals surface area contributed by atoms with Crippen LogP contribution in [-0.4, -0.2) is 22.7 Å². The molecule has 4 nitrogen and oxygen atoms in total. The van der Waals surface area contributed by atoms with E-state index in [9.17, 15) is 4.79 Å². The van der Waals surface area contributed by atoms with E-state index in [0.717, 1.165) is 24.0 Å². The minimum atomic E-state index is 0.0445. The maximum Gasteiger partial charge on any atom is 0.328 e. The standard InChI is InChI=1S/C14H19N3O/c1-9-5-10-6-12-13(7-11(10)15(2)8-9)17(4)14(18)16(12)3/h6-7,9H,5,8H2,1-4H3. The summed E-state index contributed by atoms with van der Waals surface area (Å²) in [5.41, 5.74) is 4.71. The van der Waals surface area contributed by atoms with Crippen LogP contribution in [-0.2, 0) is 20.5 Å². The second-order valence-corrected chi connectivity index (χ2v) is 5.56. The van der Waals surface area contributed by atoms with Crippen LogP contribution >= 0.6 is 0 Å². The number of imidazole rings is 1. The van der Waals surface area contributed by atoms with Crippen molar-refractivity contribution < 1.29 is 0 Å². The second-order valence-electron chi connectivity index (χ2n) is 5.56. The van der Waals surface area contributed by atoms with E-state index in [4.69, 9.17) is 0 Å². The zero-order valence-electron chi connectivity index (χ0n) is 11.4. The van der Waals surface area contributed by atoms with Gasteiger partial charge in [-0.2, -0.15) is 0 Å². The van der Waals surface area contributed by atoms with Crippen molar-refractivity contribution in [3.8, 4) is 0 Å². The third-order valence-electron chi connectivity index (χ3n) is 4.04. The molecule has 1 aliphatic heterocycles. The lowest BCUT2D eigenvalue weighted by Gasteiger charge is -2.31. The van der Waals surface area contributed by atoms with Crippen molar-refractivity contribution in [2.45, 2.75) is 13.3 Å². The maximum absolute atomic E-state index is 12.0. The van der Waals surface area contributed by atoms with Crippen molar-refractivity contribution in [2.24, 2.45) is 20.0 Å². The fourth-order valence-electron chi connectivity index (χ4n) is 3.10. The molecule has 1 aromatic carbocycles. The summed E-state index contributed by atoms with van der Waals surface area (Å²) in [6.45, 7) is 3.35. The van der Waals surface area contributed by atoms with Crippen LogP contribution in [0.5, 0.6) is 0 Å². The summed E-state index contributed by atoms with van der Waals surface area (Å²) in [7, 11) is 5.80. The van der Waals surface area contributed by atoms with Gasteiger partial charge in [0.15, 0.2) is 0 Å². The summed E-state index contributed by atoms with van der Waals surface area (Å²) in [6, 6.07) is 4.33. The molecule has 0 spiro atoms. The zero-order chi connectivity index (χ0) is 13.0. The van der Waals surface area contributed by atoms with Gasteiger partial charge in [-0.1, -0.05) is 6.92 Å². The van der Waals surface area contributed by atoms with Gasteiger partial charge in [0.2, 0.25) is 0 Å². The van der Waals surface area contributed by atoms with Gasteiger partial charge in [-0.05, 0) is 30.0 Å². The molecule has 3 rings (SSSR count). The number of anilines is 1. The van der Waals surface area contributed by atoms with E-state index < -0.39 is 0 Å². The van der Waals surface area contributed by atoms with Crippen molar-refractivity contribution in [1.82, 2.24) is 9.13 Å². The molecule has 0 saturated heterocycles. The van der Waals surface area contributed by atoms with Gasteiger partial charge in [-0.25, -0.2) is 4.79 Å². The normalized spacial score (nSPS) is 19.3. The molecule has 2 heterocycles. The van der Waals surface area contributed by atoms with Crippen LogP contribution in [0.2, 0.25) is 0 Å². The van der Waals surface area contributed by atoms with E-state index in [1.807, 2.05) is 14.1 Å². The van der Waals surface area contributed by atoms with Crippen molar-refractivity contribution in [3.63, 3.8) is 0 Å². The Labute approximate surface area is 106 Å². The highest BCUT2D eigenvalue weighted by molar-refractivity contribution is 5.83. The molecule has 1 unspecified atom stereocenters. The number of benzene rings is 1. The number of hydrogen-bond donors (Lipinski definition) is 0. The van der Waals surface area contributed by atoms with Crippen LogP contribution in [0.4, 0.5) is 5.69 Å². The fraction of sp³-hybridized carbons (Fsp3) is 0.500. The van der Waals surface area contributed by atoms with E-state index in [2.05, 4.69) is 31.0 Å². The van der Waals surface area contributed by atoms with E-state index in [1.54, 1.807) is 9.13 Å². The first kappa shape index (κ1) is 11.4. The molecule has 18 heavy (non-hydrogen) atoms. The molecule has 1 aliphatic rings. The van der Waals surface area contributed by atoms with Crippen LogP contribution < -0.4 is 10.6 Å². The molecular formula is C14H19N3O. The van der Waals surface area contributed by atoms with Gasteiger partial charge >= 0.3 is 5.69 Å². The van der Waals surface area contributed by atoms with Crippen molar-refractivity contribution in [2.75, 3.05) is 18.5 Å². The van der Waals surface area contributed by atoms with E-state index in [1.165, 1.54) is 11.3 Å². The Kier molecular flexibility index (Phi) is 2.30. The largest absolute Gasteiger partial charge is 0.374 e. The molecule has 4 heteroatoms. The molecule has 0 amide bonds. The Morgan fingerprint density at radius 3 is 2.39 bits per heavy atom. The number of hydrogen-bond acceptors (Lipinski definition) is 2. The molecule has 0 fully saturated rings. The molecule has 1 aromatic heterocycles. The molecule has 1 atom stereocenters. The Balaban J connectivity index is 2.34. The summed E-state index contributed by atoms with van der Waals surface area (Å²) >= 11 is 0. The van der Waals surface area contributed by atoms with E-state index >= 15 is 0 Å². The molecule has 0 aliphatic carbocycles. The number of rotatable bonds is 0. The average molecular weight is 245 g/mol. The highest BCUT2D eigenvalue weighted by Gasteiger charge is 2.21. The predicted molar refractivity (Wildman–Crippen MR) is 74.3 cm³/mol. The molecule has 0 N–H and O–H groups in total. The Morgan fingerprint density at radius 2 is 1.72 bits per heavy atom. The first-order valence-corrected chi connectivity index (χ1v) is 6.38. The lowest BCUT2D eigenvalue weighted by Crippen LogP contribution is -2.30. The van der Waals surface area contributed by atoms with Gasteiger partial charge in [0.05, 0.1) is 11.0 Å². The summed E-state index contributed by atoms with van der Waals surface area (Å²) in [5.74, 6) is 0.667. The Bertz CT molecular complexity index is 680. The molecule has 96 valence electrons. The van der Waals surface area contributed by atoms with Gasteiger partial charge < -0.3 is 4.90 Å². The lowest BCUT2D eigenvalue weighted by molar-refractivity contribution is 0.552. The topological polar surface area (TPSA) is 30.2 Å². The summed E-state index contributed by atoms with van der Waals surface area (Å²) in [4.78, 5) is 14.3. The predicted octanol–water partition coefficient (Wildman–Crippen LogP) is 1.51. The lowest BCUT2D eigenvalue weighted by atomic mass is 9.94. The minimum Gasteiger partial charge on any atom is -0.374 e. The van der Waals surface area contributed by atoms with Crippen molar-refractivity contribution in [3.05, 3.63) is 28.2 Å². The van der Waals surface area contributed by atoms with Crippen molar-refractivity contribution in [1.29, 1.82) is 0 Å². The number of aromatic nitrogens is 2. The molecule has 2 aromatic rings. The highest BCUT2D eigenvalue weighted by atomic mass is 16.1. The van der Waals surface area contributed by atoms with Crippen LogP contribution in [0.15, 0.2) is 16.9 Å². The third kappa shape index (κ3) is 1.41.